The molecule has 0 aliphatic heterocycles. The van der Waals surface area contributed by atoms with Crippen LogP contribution in [0.5, 0.6) is 11.5 Å². The van der Waals surface area contributed by atoms with Gasteiger partial charge in [0.25, 0.3) is 0 Å². The first kappa shape index (κ1) is 13.1. The van der Waals surface area contributed by atoms with E-state index in [1.54, 1.807) is 0 Å². The van der Waals surface area contributed by atoms with Crippen molar-refractivity contribution in [3.05, 3.63) is 22.2 Å². The van der Waals surface area contributed by atoms with Gasteiger partial charge in [-0.05, 0) is 6.07 Å². The molecule has 0 heterocycles. The zero-order chi connectivity index (χ0) is 13.0. The number of rotatable bonds is 4. The minimum atomic E-state index is -1.17. The van der Waals surface area contributed by atoms with Gasteiger partial charge in [0, 0.05) is 5.56 Å². The van der Waals surface area contributed by atoms with Gasteiger partial charge in [-0.3, -0.25) is 0 Å². The monoisotopic (exact) mass is 255 g/mol. The molecule has 1 rings (SSSR count). The fraction of sp³-hybridized carbons (Fsp3) is 0.273. The normalized spacial score (nSPS) is 9.53. The van der Waals surface area contributed by atoms with Gasteiger partial charge in [-0.1, -0.05) is 11.6 Å². The Hall–Kier alpha value is -1.93. The van der Waals surface area contributed by atoms with E-state index >= 15 is 0 Å². The molecule has 90 valence electrons. The highest BCUT2D eigenvalue weighted by atomic mass is 35.5. The predicted octanol–water partition coefficient (Wildman–Crippen LogP) is 2.12. The summed E-state index contributed by atoms with van der Waals surface area (Å²) in [6.07, 6.45) is -0.110. The van der Waals surface area contributed by atoms with E-state index in [2.05, 4.69) is 0 Å². The van der Waals surface area contributed by atoms with Crippen LogP contribution in [0.2, 0.25) is 5.02 Å². The smallest absolute Gasteiger partial charge is 0.336 e. The third kappa shape index (κ3) is 2.43. The molecule has 6 heteroatoms. The second kappa shape index (κ2) is 5.41. The van der Waals surface area contributed by atoms with Crippen molar-refractivity contribution in [3.8, 4) is 17.6 Å². The van der Waals surface area contributed by atoms with Gasteiger partial charge in [-0.25, -0.2) is 4.79 Å². The van der Waals surface area contributed by atoms with Crippen molar-refractivity contribution >= 4 is 17.6 Å². The molecule has 0 spiro atoms. The van der Waals surface area contributed by atoms with E-state index in [-0.39, 0.29) is 34.1 Å². The Bertz CT molecular complexity index is 493. The van der Waals surface area contributed by atoms with E-state index < -0.39 is 5.97 Å². The summed E-state index contributed by atoms with van der Waals surface area (Å²) in [4.78, 5) is 11.1. The van der Waals surface area contributed by atoms with Crippen LogP contribution < -0.4 is 9.47 Å². The molecule has 0 fully saturated rings. The first-order valence-corrected chi connectivity index (χ1v) is 4.98. The Balaban J connectivity index is 3.56. The van der Waals surface area contributed by atoms with E-state index in [4.69, 9.17) is 31.4 Å². The van der Waals surface area contributed by atoms with Gasteiger partial charge in [0.2, 0.25) is 0 Å². The molecule has 0 saturated heterocycles. The number of methoxy groups -OCH3 is 2. The number of carboxylic acid groups (broad SMARTS) is 1. The van der Waals surface area contributed by atoms with Crippen LogP contribution in [0, 0.1) is 11.3 Å². The molecule has 1 aromatic rings. The van der Waals surface area contributed by atoms with Gasteiger partial charge in [0.05, 0.1) is 37.3 Å². The quantitative estimate of drug-likeness (QED) is 0.891. The Morgan fingerprint density at radius 3 is 2.59 bits per heavy atom. The van der Waals surface area contributed by atoms with E-state index in [1.165, 1.54) is 20.3 Å². The van der Waals surface area contributed by atoms with Crippen LogP contribution in [0.4, 0.5) is 0 Å². The lowest BCUT2D eigenvalue weighted by molar-refractivity contribution is 0.0695. The average Bonchev–Trinajstić information content (AvgIpc) is 2.30. The zero-order valence-corrected chi connectivity index (χ0v) is 10.0. The second-order valence-corrected chi connectivity index (χ2v) is 3.47. The van der Waals surface area contributed by atoms with Gasteiger partial charge >= 0.3 is 5.97 Å². The van der Waals surface area contributed by atoms with Gasteiger partial charge in [0.1, 0.15) is 0 Å². The standard InChI is InChI=1S/C11H10ClNO4/c1-16-8-5-7(11(14)15)6(3-4-13)9(12)10(8)17-2/h5H,3H2,1-2H3,(H,14,15). The van der Waals surface area contributed by atoms with Crippen molar-refractivity contribution in [1.82, 2.24) is 0 Å². The molecule has 0 aliphatic carbocycles. The summed E-state index contributed by atoms with van der Waals surface area (Å²) in [5.41, 5.74) is 0.161. The van der Waals surface area contributed by atoms with Gasteiger partial charge in [-0.15, -0.1) is 0 Å². The lowest BCUT2D eigenvalue weighted by Gasteiger charge is -2.13. The maximum absolute atomic E-state index is 11.1. The predicted molar refractivity (Wildman–Crippen MR) is 60.8 cm³/mol. The average molecular weight is 256 g/mol. The summed E-state index contributed by atoms with van der Waals surface area (Å²) in [5, 5.41) is 17.8. The van der Waals surface area contributed by atoms with Crippen LogP contribution in [0.3, 0.4) is 0 Å². The van der Waals surface area contributed by atoms with Crippen molar-refractivity contribution in [1.29, 1.82) is 5.26 Å². The molecule has 0 radical (unpaired) electrons. The molecule has 1 aromatic carbocycles. The molecule has 0 unspecified atom stereocenters. The lowest BCUT2D eigenvalue weighted by atomic mass is 10.0. The molecular formula is C11H10ClNO4. The first-order chi connectivity index (χ1) is 8.06. The van der Waals surface area contributed by atoms with Crippen LogP contribution in [-0.4, -0.2) is 25.3 Å². The Morgan fingerprint density at radius 2 is 2.18 bits per heavy atom. The van der Waals surface area contributed by atoms with Crippen molar-refractivity contribution in [3.63, 3.8) is 0 Å². The van der Waals surface area contributed by atoms with Crippen molar-refractivity contribution in [2.75, 3.05) is 14.2 Å². The SMILES string of the molecule is COc1cc(C(=O)O)c(CC#N)c(Cl)c1OC. The highest BCUT2D eigenvalue weighted by Gasteiger charge is 2.21. The zero-order valence-electron chi connectivity index (χ0n) is 9.28. The summed E-state index contributed by atoms with van der Waals surface area (Å²) in [5.74, 6) is -0.723. The number of halogens is 1. The molecule has 17 heavy (non-hydrogen) atoms. The number of aromatic carboxylic acids is 1. The van der Waals surface area contributed by atoms with Crippen molar-refractivity contribution in [2.45, 2.75) is 6.42 Å². The van der Waals surface area contributed by atoms with Crippen LogP contribution in [-0.2, 0) is 6.42 Å². The largest absolute Gasteiger partial charge is 0.493 e. The highest BCUT2D eigenvalue weighted by Crippen LogP contribution is 2.39. The maximum atomic E-state index is 11.1. The summed E-state index contributed by atoms with van der Waals surface area (Å²) >= 11 is 6.00. The minimum absolute atomic E-state index is 0.0609. The molecular weight excluding hydrogens is 246 g/mol. The minimum Gasteiger partial charge on any atom is -0.493 e. The number of hydrogen-bond donors (Lipinski definition) is 1. The summed E-state index contributed by atoms with van der Waals surface area (Å²) < 4.78 is 10.0. The highest BCUT2D eigenvalue weighted by molar-refractivity contribution is 6.33. The summed E-state index contributed by atoms with van der Waals surface area (Å²) in [7, 11) is 2.77. The number of carboxylic acids is 1. The van der Waals surface area contributed by atoms with Crippen LogP contribution in [0.1, 0.15) is 15.9 Å². The fourth-order valence-corrected chi connectivity index (χ4v) is 1.77. The topological polar surface area (TPSA) is 79.5 Å². The number of nitrogens with zero attached hydrogens (tertiary/aromatic N) is 1. The third-order valence-corrected chi connectivity index (χ3v) is 2.60. The number of benzene rings is 1. The van der Waals surface area contributed by atoms with Crippen molar-refractivity contribution < 1.29 is 19.4 Å². The molecule has 1 N–H and O–H groups in total. The summed E-state index contributed by atoms with van der Waals surface area (Å²) in [6, 6.07) is 3.16. The number of ether oxygens (including phenoxy) is 2. The van der Waals surface area contributed by atoms with E-state index in [0.29, 0.717) is 0 Å². The number of carbonyl (C=O) groups is 1. The Kier molecular flexibility index (Phi) is 4.18. The molecule has 0 aliphatic rings. The second-order valence-electron chi connectivity index (χ2n) is 3.09. The fourth-order valence-electron chi connectivity index (χ4n) is 1.43. The van der Waals surface area contributed by atoms with Gasteiger partial charge < -0.3 is 14.6 Å². The molecule has 0 atom stereocenters. The molecule has 0 amide bonds. The maximum Gasteiger partial charge on any atom is 0.336 e. The number of nitriles is 1. The molecule has 5 nitrogen and oxygen atoms in total. The lowest BCUT2D eigenvalue weighted by Crippen LogP contribution is -2.05. The van der Waals surface area contributed by atoms with Gasteiger partial charge in [0.15, 0.2) is 11.5 Å². The molecule has 0 aromatic heterocycles. The van der Waals surface area contributed by atoms with Crippen LogP contribution >= 0.6 is 11.6 Å². The third-order valence-electron chi connectivity index (χ3n) is 2.20. The van der Waals surface area contributed by atoms with Crippen molar-refractivity contribution in [2.24, 2.45) is 0 Å². The van der Waals surface area contributed by atoms with E-state index in [0.717, 1.165) is 0 Å². The van der Waals surface area contributed by atoms with Crippen LogP contribution in [0.15, 0.2) is 6.07 Å². The molecule has 0 bridgehead atoms. The van der Waals surface area contributed by atoms with Gasteiger partial charge in [-0.2, -0.15) is 5.26 Å². The van der Waals surface area contributed by atoms with Crippen LogP contribution in [0.25, 0.3) is 0 Å². The van der Waals surface area contributed by atoms with E-state index in [9.17, 15) is 4.79 Å². The van der Waals surface area contributed by atoms with E-state index in [1.807, 2.05) is 6.07 Å². The number of hydrogen-bond acceptors (Lipinski definition) is 4. The molecule has 0 saturated carbocycles. The Morgan fingerprint density at radius 1 is 1.53 bits per heavy atom. The first-order valence-electron chi connectivity index (χ1n) is 4.60. The Labute approximate surface area is 103 Å². The summed E-state index contributed by atoms with van der Waals surface area (Å²) in [6.45, 7) is 0.